The van der Waals surface area contributed by atoms with Crippen molar-refractivity contribution in [2.24, 2.45) is 0 Å². The molecule has 2 rings (SSSR count). The number of Topliss-reactive ketones (excluding diaryl/α,β-unsaturated/α-hetero) is 1. The Kier molecular flexibility index (Phi) is 4.22. The van der Waals surface area contributed by atoms with Gasteiger partial charge in [-0.1, -0.05) is 33.6 Å². The van der Waals surface area contributed by atoms with Crippen molar-refractivity contribution in [3.05, 3.63) is 57.3 Å². The van der Waals surface area contributed by atoms with Crippen LogP contribution in [0.4, 0.5) is 4.39 Å². The summed E-state index contributed by atoms with van der Waals surface area (Å²) in [5, 5.41) is 0.377. The molecule has 0 aliphatic rings. The molecule has 0 saturated heterocycles. The topological polar surface area (TPSA) is 26.3 Å². The van der Waals surface area contributed by atoms with Gasteiger partial charge in [0.1, 0.15) is 17.3 Å². The molecule has 0 saturated carbocycles. The van der Waals surface area contributed by atoms with E-state index in [0.717, 1.165) is 4.47 Å². The summed E-state index contributed by atoms with van der Waals surface area (Å²) in [5.74, 6) is -0.521. The monoisotopic (exact) mass is 342 g/mol. The minimum atomic E-state index is -0.615. The number of carbonyl (C=O) groups excluding carboxylic acids is 1. The molecule has 0 aromatic heterocycles. The lowest BCUT2D eigenvalue weighted by Crippen LogP contribution is -2.01. The van der Waals surface area contributed by atoms with Crippen LogP contribution in [0, 0.1) is 5.82 Å². The molecule has 0 aliphatic heterocycles. The summed E-state index contributed by atoms with van der Waals surface area (Å²) in [4.78, 5) is 11.5. The number of hydrogen-bond donors (Lipinski definition) is 0. The molecule has 0 amide bonds. The van der Waals surface area contributed by atoms with Gasteiger partial charge in [0.25, 0.3) is 0 Å². The Labute approximate surface area is 123 Å². The molecule has 0 aliphatic carbocycles. The predicted octanol–water partition coefficient (Wildman–Crippen LogP) is 5.24. The number of rotatable bonds is 3. The molecule has 2 nitrogen and oxygen atoms in total. The molecule has 0 heterocycles. The highest BCUT2D eigenvalue weighted by molar-refractivity contribution is 9.10. The van der Waals surface area contributed by atoms with Crippen molar-refractivity contribution in [2.75, 3.05) is 0 Å². The van der Waals surface area contributed by atoms with E-state index < -0.39 is 11.6 Å². The van der Waals surface area contributed by atoms with E-state index in [9.17, 15) is 9.18 Å². The second-order valence-corrected chi connectivity index (χ2v) is 5.17. The summed E-state index contributed by atoms with van der Waals surface area (Å²) in [5.41, 5.74) is -0.0847. The van der Waals surface area contributed by atoms with Gasteiger partial charge in [-0.25, -0.2) is 4.39 Å². The van der Waals surface area contributed by atoms with Crippen LogP contribution in [0.5, 0.6) is 11.5 Å². The van der Waals surface area contributed by atoms with Crippen molar-refractivity contribution >= 4 is 33.3 Å². The van der Waals surface area contributed by atoms with E-state index in [-0.39, 0.29) is 11.3 Å². The van der Waals surface area contributed by atoms with Gasteiger partial charge in [-0.2, -0.15) is 0 Å². The van der Waals surface area contributed by atoms with E-state index in [4.69, 9.17) is 16.3 Å². The van der Waals surface area contributed by atoms with Gasteiger partial charge in [0.05, 0.1) is 10.6 Å². The second kappa shape index (κ2) is 5.72. The quantitative estimate of drug-likeness (QED) is 0.713. The van der Waals surface area contributed by atoms with E-state index in [1.54, 1.807) is 18.2 Å². The fourth-order valence-corrected chi connectivity index (χ4v) is 2.10. The molecule has 0 N–H and O–H groups in total. The summed E-state index contributed by atoms with van der Waals surface area (Å²) >= 11 is 9.29. The first-order chi connectivity index (χ1) is 8.99. The van der Waals surface area contributed by atoms with Crippen molar-refractivity contribution in [1.82, 2.24) is 0 Å². The Morgan fingerprint density at radius 1 is 1.26 bits per heavy atom. The largest absolute Gasteiger partial charge is 0.455 e. The Morgan fingerprint density at radius 3 is 2.68 bits per heavy atom. The number of hydrogen-bond acceptors (Lipinski definition) is 2. The number of ketones is 1. The fourth-order valence-electron chi connectivity index (χ4n) is 1.60. The molecule has 2 aromatic rings. The van der Waals surface area contributed by atoms with Crippen molar-refractivity contribution in [1.29, 1.82) is 0 Å². The number of ether oxygens (including phenoxy) is 1. The van der Waals surface area contributed by atoms with E-state index in [1.807, 2.05) is 0 Å². The van der Waals surface area contributed by atoms with Crippen LogP contribution in [0.3, 0.4) is 0 Å². The van der Waals surface area contributed by atoms with Crippen LogP contribution in [-0.2, 0) is 0 Å². The van der Waals surface area contributed by atoms with Crippen molar-refractivity contribution in [3.8, 4) is 11.5 Å². The Morgan fingerprint density at radius 2 is 2.00 bits per heavy atom. The van der Waals surface area contributed by atoms with Crippen molar-refractivity contribution in [3.63, 3.8) is 0 Å². The molecule has 98 valence electrons. The Bertz CT molecular complexity index is 643. The standard InChI is InChI=1S/C14H9BrClFO2/c1-8(18)14-11(17)3-2-4-12(14)19-13-7-9(15)5-6-10(13)16/h2-7H,1H3. The third-order valence-corrected chi connectivity index (χ3v) is 3.25. The van der Waals surface area contributed by atoms with Crippen molar-refractivity contribution < 1.29 is 13.9 Å². The second-order valence-electron chi connectivity index (χ2n) is 3.85. The van der Waals surface area contributed by atoms with Gasteiger partial charge in [-0.15, -0.1) is 0 Å². The minimum Gasteiger partial charge on any atom is -0.455 e. The summed E-state index contributed by atoms with van der Waals surface area (Å²) < 4.78 is 20.0. The maximum absolute atomic E-state index is 13.6. The van der Waals surface area contributed by atoms with Gasteiger partial charge in [0, 0.05) is 4.47 Å². The van der Waals surface area contributed by atoms with Gasteiger partial charge in [-0.3, -0.25) is 4.79 Å². The third kappa shape index (κ3) is 3.14. The van der Waals surface area contributed by atoms with Gasteiger partial charge in [0.15, 0.2) is 5.78 Å². The molecule has 0 unspecified atom stereocenters. The van der Waals surface area contributed by atoms with Crippen LogP contribution >= 0.6 is 27.5 Å². The number of halogens is 3. The third-order valence-electron chi connectivity index (χ3n) is 2.44. The summed E-state index contributed by atoms with van der Waals surface area (Å²) in [6.07, 6.45) is 0. The van der Waals surface area contributed by atoms with Gasteiger partial charge < -0.3 is 4.74 Å². The molecule has 0 bridgehead atoms. The van der Waals surface area contributed by atoms with Crippen LogP contribution in [0.15, 0.2) is 40.9 Å². The van der Waals surface area contributed by atoms with Gasteiger partial charge in [-0.05, 0) is 37.3 Å². The summed E-state index contributed by atoms with van der Waals surface area (Å²) in [6.45, 7) is 1.29. The molecule has 5 heteroatoms. The van der Waals surface area contributed by atoms with Crippen LogP contribution in [0.1, 0.15) is 17.3 Å². The highest BCUT2D eigenvalue weighted by atomic mass is 79.9. The molecule has 19 heavy (non-hydrogen) atoms. The zero-order valence-electron chi connectivity index (χ0n) is 9.91. The Hall–Kier alpha value is -1.39. The maximum atomic E-state index is 13.6. The lowest BCUT2D eigenvalue weighted by molar-refractivity contribution is 0.101. The lowest BCUT2D eigenvalue weighted by atomic mass is 10.1. The van der Waals surface area contributed by atoms with Crippen LogP contribution in [-0.4, -0.2) is 5.78 Å². The first-order valence-corrected chi connectivity index (χ1v) is 6.58. The molecular weight excluding hydrogens is 335 g/mol. The van der Waals surface area contributed by atoms with Gasteiger partial charge >= 0.3 is 0 Å². The van der Waals surface area contributed by atoms with Crippen LogP contribution < -0.4 is 4.74 Å². The average Bonchev–Trinajstić information content (AvgIpc) is 2.33. The smallest absolute Gasteiger partial charge is 0.166 e. The van der Waals surface area contributed by atoms with E-state index in [1.165, 1.54) is 25.1 Å². The normalized spacial score (nSPS) is 10.3. The molecular formula is C14H9BrClFO2. The SMILES string of the molecule is CC(=O)c1c(F)cccc1Oc1cc(Br)ccc1Cl. The summed E-state index contributed by atoms with van der Waals surface area (Å²) in [7, 11) is 0. The molecule has 0 radical (unpaired) electrons. The van der Waals surface area contributed by atoms with Crippen LogP contribution in [0.25, 0.3) is 0 Å². The summed E-state index contributed by atoms with van der Waals surface area (Å²) in [6, 6.07) is 9.27. The lowest BCUT2D eigenvalue weighted by Gasteiger charge is -2.11. The molecule has 0 spiro atoms. The van der Waals surface area contributed by atoms with Crippen LogP contribution in [0.2, 0.25) is 5.02 Å². The highest BCUT2D eigenvalue weighted by Gasteiger charge is 2.15. The first-order valence-electron chi connectivity index (χ1n) is 5.41. The number of carbonyl (C=O) groups is 1. The zero-order valence-corrected chi connectivity index (χ0v) is 12.3. The Balaban J connectivity index is 2.46. The van der Waals surface area contributed by atoms with Gasteiger partial charge in [0.2, 0.25) is 0 Å². The number of benzene rings is 2. The van der Waals surface area contributed by atoms with E-state index >= 15 is 0 Å². The van der Waals surface area contributed by atoms with E-state index in [2.05, 4.69) is 15.9 Å². The highest BCUT2D eigenvalue weighted by Crippen LogP contribution is 2.34. The molecule has 0 atom stereocenters. The fraction of sp³-hybridized carbons (Fsp3) is 0.0714. The zero-order chi connectivity index (χ0) is 14.0. The average molecular weight is 344 g/mol. The first kappa shape index (κ1) is 14.0. The molecule has 2 aromatic carbocycles. The van der Waals surface area contributed by atoms with E-state index in [0.29, 0.717) is 10.8 Å². The van der Waals surface area contributed by atoms with Crippen molar-refractivity contribution in [2.45, 2.75) is 6.92 Å². The maximum Gasteiger partial charge on any atom is 0.166 e. The minimum absolute atomic E-state index is 0.0847. The molecule has 0 fully saturated rings. The predicted molar refractivity (Wildman–Crippen MR) is 75.6 cm³/mol.